The van der Waals surface area contributed by atoms with Gasteiger partial charge in [0, 0.05) is 19.2 Å². The SMILES string of the molecule is Cc1cc2nc3c(=O)[nH]c(=O)nc-3n(CCNCc3cc(O)no3)c2cc1C. The van der Waals surface area contributed by atoms with Crippen LogP contribution in [0.4, 0.5) is 0 Å². The van der Waals surface area contributed by atoms with Gasteiger partial charge in [-0.05, 0) is 42.3 Å². The third-order valence-corrected chi connectivity index (χ3v) is 4.58. The minimum atomic E-state index is -0.707. The molecule has 1 aromatic carbocycles. The number of rotatable bonds is 5. The third kappa shape index (κ3) is 3.25. The van der Waals surface area contributed by atoms with Crippen molar-refractivity contribution in [3.8, 4) is 17.4 Å². The quantitative estimate of drug-likeness (QED) is 0.338. The fourth-order valence-electron chi connectivity index (χ4n) is 3.06. The third-order valence-electron chi connectivity index (χ3n) is 4.58. The largest absolute Gasteiger partial charge is 0.491 e. The Labute approximate surface area is 158 Å². The number of hydrogen-bond donors (Lipinski definition) is 3. The Kier molecular flexibility index (Phi) is 4.40. The molecule has 0 amide bonds. The summed E-state index contributed by atoms with van der Waals surface area (Å²) < 4.78 is 6.75. The van der Waals surface area contributed by atoms with Crippen molar-refractivity contribution in [2.24, 2.45) is 0 Å². The van der Waals surface area contributed by atoms with Gasteiger partial charge in [-0.3, -0.25) is 9.78 Å². The number of aromatic nitrogens is 5. The molecule has 0 aliphatic carbocycles. The molecule has 3 N–H and O–H groups in total. The van der Waals surface area contributed by atoms with E-state index in [0.29, 0.717) is 30.9 Å². The van der Waals surface area contributed by atoms with E-state index in [1.54, 1.807) is 0 Å². The first kappa shape index (κ1) is 17.9. The molecule has 0 fully saturated rings. The lowest BCUT2D eigenvalue weighted by Gasteiger charge is -2.17. The van der Waals surface area contributed by atoms with Gasteiger partial charge < -0.3 is 19.5 Å². The summed E-state index contributed by atoms with van der Waals surface area (Å²) in [4.78, 5) is 34.6. The first-order valence-corrected chi connectivity index (χ1v) is 8.69. The van der Waals surface area contributed by atoms with Gasteiger partial charge in [-0.15, -0.1) is 0 Å². The highest BCUT2D eigenvalue weighted by Gasteiger charge is 2.19. The van der Waals surface area contributed by atoms with E-state index in [-0.39, 0.29) is 17.4 Å². The number of hydrogen-bond acceptors (Lipinski definition) is 8. The molecule has 10 nitrogen and oxygen atoms in total. The number of nitrogens with one attached hydrogen (secondary N) is 2. The van der Waals surface area contributed by atoms with Crippen molar-refractivity contribution < 1.29 is 9.63 Å². The Morgan fingerprint density at radius 3 is 2.71 bits per heavy atom. The predicted molar refractivity (Wildman–Crippen MR) is 100 cm³/mol. The van der Waals surface area contributed by atoms with Crippen molar-refractivity contribution in [3.05, 3.63) is 55.9 Å². The average Bonchev–Trinajstić information content (AvgIpc) is 3.05. The molecular weight excluding hydrogens is 364 g/mol. The highest BCUT2D eigenvalue weighted by molar-refractivity contribution is 5.81. The summed E-state index contributed by atoms with van der Waals surface area (Å²) in [5, 5.41) is 15.8. The fraction of sp³-hybridized carbons (Fsp3) is 0.278. The van der Waals surface area contributed by atoms with Gasteiger partial charge in [0.2, 0.25) is 0 Å². The number of aryl methyl sites for hydroxylation is 2. The van der Waals surface area contributed by atoms with Crippen molar-refractivity contribution in [3.63, 3.8) is 0 Å². The summed E-state index contributed by atoms with van der Waals surface area (Å²) in [5.74, 6) is 0.563. The number of nitrogens with zero attached hydrogens (tertiary/aromatic N) is 4. The van der Waals surface area contributed by atoms with E-state index in [0.717, 1.165) is 16.6 Å². The molecule has 0 unspecified atom stereocenters. The van der Waals surface area contributed by atoms with Crippen LogP contribution in [-0.4, -0.2) is 36.3 Å². The molecule has 0 bridgehead atoms. The number of fused-ring (bicyclic) bond motifs is 2. The normalized spacial score (nSPS) is 11.5. The van der Waals surface area contributed by atoms with Crippen LogP contribution in [-0.2, 0) is 13.1 Å². The van der Waals surface area contributed by atoms with Crippen LogP contribution in [0.15, 0.2) is 32.3 Å². The molecule has 2 aromatic rings. The van der Waals surface area contributed by atoms with E-state index in [2.05, 4.69) is 25.4 Å². The zero-order valence-electron chi connectivity index (χ0n) is 15.3. The molecular formula is C18H18N6O4. The fourth-order valence-corrected chi connectivity index (χ4v) is 3.06. The number of H-pyrrole nitrogens is 1. The summed E-state index contributed by atoms with van der Waals surface area (Å²) >= 11 is 0. The molecule has 10 heteroatoms. The number of aromatic hydroxyl groups is 1. The van der Waals surface area contributed by atoms with Crippen LogP contribution in [0.3, 0.4) is 0 Å². The molecule has 2 aliphatic rings. The predicted octanol–water partition coefficient (Wildman–Crippen LogP) is 0.685. The zero-order valence-corrected chi connectivity index (χ0v) is 15.3. The molecule has 0 atom stereocenters. The van der Waals surface area contributed by atoms with Gasteiger partial charge in [0.25, 0.3) is 11.4 Å². The van der Waals surface area contributed by atoms with E-state index in [9.17, 15) is 14.7 Å². The minimum Gasteiger partial charge on any atom is -0.491 e. The van der Waals surface area contributed by atoms with Gasteiger partial charge >= 0.3 is 5.69 Å². The summed E-state index contributed by atoms with van der Waals surface area (Å²) in [6.45, 7) is 5.27. The van der Waals surface area contributed by atoms with Crippen LogP contribution in [0.25, 0.3) is 22.6 Å². The second-order valence-electron chi connectivity index (χ2n) is 6.56. The van der Waals surface area contributed by atoms with Gasteiger partial charge in [0.05, 0.1) is 17.6 Å². The molecule has 0 saturated carbocycles. The molecule has 0 spiro atoms. The van der Waals surface area contributed by atoms with Gasteiger partial charge in [0.1, 0.15) is 0 Å². The molecule has 28 heavy (non-hydrogen) atoms. The van der Waals surface area contributed by atoms with Crippen molar-refractivity contribution in [1.29, 1.82) is 0 Å². The van der Waals surface area contributed by atoms with Crippen molar-refractivity contribution in [2.45, 2.75) is 26.9 Å². The van der Waals surface area contributed by atoms with E-state index in [1.165, 1.54) is 6.07 Å². The van der Waals surface area contributed by atoms with Gasteiger partial charge in [-0.25, -0.2) is 9.78 Å². The van der Waals surface area contributed by atoms with Gasteiger partial charge in [0.15, 0.2) is 17.3 Å². The van der Waals surface area contributed by atoms with Crippen LogP contribution >= 0.6 is 0 Å². The van der Waals surface area contributed by atoms with Gasteiger partial charge in [-0.1, -0.05) is 0 Å². The summed E-state index contributed by atoms with van der Waals surface area (Å²) in [6, 6.07) is 5.31. The average molecular weight is 382 g/mol. The lowest BCUT2D eigenvalue weighted by Crippen LogP contribution is -2.30. The molecule has 3 heterocycles. The van der Waals surface area contributed by atoms with Crippen molar-refractivity contribution in [1.82, 2.24) is 30.0 Å². The highest BCUT2D eigenvalue weighted by atomic mass is 16.5. The van der Waals surface area contributed by atoms with E-state index in [1.807, 2.05) is 30.5 Å². The minimum absolute atomic E-state index is 0.121. The van der Waals surface area contributed by atoms with Gasteiger partial charge in [-0.2, -0.15) is 4.98 Å². The molecule has 4 rings (SSSR count). The standard InChI is InChI=1S/C18H18N6O4/c1-9-5-12-13(6-10(9)2)24(4-3-19-8-11-7-14(25)23-28-11)16-15(20-12)17(26)22-18(27)21-16/h5-7,19H,3-4,8H2,1-2H3,(H,23,25)(H,22,26,27). The van der Waals surface area contributed by atoms with E-state index in [4.69, 9.17) is 4.52 Å². The smallest absolute Gasteiger partial charge is 0.349 e. The van der Waals surface area contributed by atoms with E-state index < -0.39 is 11.2 Å². The van der Waals surface area contributed by atoms with Crippen LogP contribution in [0.2, 0.25) is 0 Å². The van der Waals surface area contributed by atoms with Crippen LogP contribution in [0.5, 0.6) is 5.88 Å². The maximum absolute atomic E-state index is 12.2. The Balaban J connectivity index is 1.73. The molecule has 2 aliphatic heterocycles. The summed E-state index contributed by atoms with van der Waals surface area (Å²) in [6.07, 6.45) is 0. The maximum atomic E-state index is 12.2. The first-order valence-electron chi connectivity index (χ1n) is 8.69. The first-order chi connectivity index (χ1) is 13.4. The summed E-state index contributed by atoms with van der Waals surface area (Å²) in [5.41, 5.74) is 2.42. The lowest BCUT2D eigenvalue weighted by atomic mass is 10.1. The second kappa shape index (κ2) is 6.89. The Morgan fingerprint density at radius 2 is 1.96 bits per heavy atom. The molecule has 144 valence electrons. The monoisotopic (exact) mass is 382 g/mol. The highest BCUT2D eigenvalue weighted by Crippen LogP contribution is 2.23. The molecule has 1 aromatic heterocycles. The number of benzene rings is 1. The Morgan fingerprint density at radius 1 is 1.18 bits per heavy atom. The van der Waals surface area contributed by atoms with E-state index >= 15 is 0 Å². The Hall–Kier alpha value is -3.53. The molecule has 0 radical (unpaired) electrons. The number of aromatic amines is 1. The van der Waals surface area contributed by atoms with Crippen molar-refractivity contribution in [2.75, 3.05) is 6.54 Å². The maximum Gasteiger partial charge on any atom is 0.349 e. The van der Waals surface area contributed by atoms with Crippen molar-refractivity contribution >= 4 is 11.0 Å². The van der Waals surface area contributed by atoms with Crippen LogP contribution < -0.4 is 16.6 Å². The topological polar surface area (TPSA) is 139 Å². The summed E-state index contributed by atoms with van der Waals surface area (Å²) in [7, 11) is 0. The zero-order chi connectivity index (χ0) is 19.8. The second-order valence-corrected chi connectivity index (χ2v) is 6.56. The van der Waals surface area contributed by atoms with Crippen LogP contribution in [0, 0.1) is 13.8 Å². The van der Waals surface area contributed by atoms with Crippen LogP contribution in [0.1, 0.15) is 16.9 Å². The lowest BCUT2D eigenvalue weighted by molar-refractivity contribution is 0.335. The molecule has 0 saturated heterocycles. The Bertz CT molecular complexity index is 1260.